The van der Waals surface area contributed by atoms with Gasteiger partial charge in [0.25, 0.3) is 0 Å². The summed E-state index contributed by atoms with van der Waals surface area (Å²) < 4.78 is 2.26. The molecule has 146 valence electrons. The summed E-state index contributed by atoms with van der Waals surface area (Å²) in [6.45, 7) is 7.65. The van der Waals surface area contributed by atoms with E-state index in [-0.39, 0.29) is 0 Å². The number of nitrogens with zero attached hydrogens (tertiary/aromatic N) is 5. The standard InChI is InChI=1S/C23H29N5/c1-16(2)20-10-7-17(12-24-20)23-21(28-11-5-4-6-22(28)25-23)15-27-14-18-8-9-19(27)13-26(18)3/h4-7,10-12,16,18-19H,8-9,13-15H2,1-3H3. The summed E-state index contributed by atoms with van der Waals surface area (Å²) in [5, 5.41) is 0. The van der Waals surface area contributed by atoms with Crippen LogP contribution in [0.2, 0.25) is 0 Å². The highest BCUT2D eigenvalue weighted by molar-refractivity contribution is 5.66. The molecule has 6 rings (SSSR count). The number of hydrogen-bond acceptors (Lipinski definition) is 4. The van der Waals surface area contributed by atoms with Crippen LogP contribution in [0.5, 0.6) is 0 Å². The Morgan fingerprint density at radius 1 is 1.07 bits per heavy atom. The molecule has 3 aromatic rings. The van der Waals surface area contributed by atoms with Crippen molar-refractivity contribution in [2.45, 2.75) is 51.2 Å². The van der Waals surface area contributed by atoms with Crippen molar-refractivity contribution in [2.24, 2.45) is 0 Å². The maximum absolute atomic E-state index is 4.99. The summed E-state index contributed by atoms with van der Waals surface area (Å²) in [6.07, 6.45) is 6.78. The second-order valence-corrected chi connectivity index (χ2v) is 8.72. The molecular weight excluding hydrogens is 346 g/mol. The van der Waals surface area contributed by atoms with Gasteiger partial charge >= 0.3 is 0 Å². The van der Waals surface area contributed by atoms with Gasteiger partial charge in [-0.05, 0) is 50.1 Å². The summed E-state index contributed by atoms with van der Waals surface area (Å²) in [4.78, 5) is 14.9. The summed E-state index contributed by atoms with van der Waals surface area (Å²) >= 11 is 0. The third kappa shape index (κ3) is 3.03. The molecular formula is C23H29N5. The number of imidazole rings is 1. The molecule has 3 saturated heterocycles. The van der Waals surface area contributed by atoms with Crippen LogP contribution in [0.25, 0.3) is 16.9 Å². The Labute approximate surface area is 167 Å². The minimum Gasteiger partial charge on any atom is -0.302 e. The van der Waals surface area contributed by atoms with Crippen LogP contribution in [0.1, 0.15) is 44.0 Å². The van der Waals surface area contributed by atoms with Crippen molar-refractivity contribution in [2.75, 3.05) is 20.1 Å². The van der Waals surface area contributed by atoms with Gasteiger partial charge in [-0.15, -0.1) is 0 Å². The second-order valence-electron chi connectivity index (χ2n) is 8.72. The number of likely N-dealkylation sites (N-methyl/N-ethyl adjacent to an activating group) is 1. The van der Waals surface area contributed by atoms with Crippen LogP contribution < -0.4 is 0 Å². The van der Waals surface area contributed by atoms with Gasteiger partial charge in [0.15, 0.2) is 0 Å². The predicted molar refractivity (Wildman–Crippen MR) is 112 cm³/mol. The van der Waals surface area contributed by atoms with E-state index in [1.165, 1.54) is 25.1 Å². The normalized spacial score (nSPS) is 23.1. The molecule has 0 aromatic carbocycles. The number of hydrogen-bond donors (Lipinski definition) is 0. The number of pyridine rings is 2. The van der Waals surface area contributed by atoms with E-state index in [4.69, 9.17) is 9.97 Å². The predicted octanol–water partition coefficient (Wildman–Crippen LogP) is 3.80. The number of aromatic nitrogens is 3. The Morgan fingerprint density at radius 3 is 2.61 bits per heavy atom. The number of rotatable bonds is 4. The maximum Gasteiger partial charge on any atom is 0.137 e. The van der Waals surface area contributed by atoms with Crippen molar-refractivity contribution >= 4 is 5.65 Å². The Balaban J connectivity index is 1.53. The molecule has 0 radical (unpaired) electrons. The first-order valence-electron chi connectivity index (χ1n) is 10.5. The lowest BCUT2D eigenvalue weighted by molar-refractivity contribution is -0.0117. The molecule has 5 heteroatoms. The minimum absolute atomic E-state index is 0.440. The fourth-order valence-corrected chi connectivity index (χ4v) is 4.83. The summed E-state index contributed by atoms with van der Waals surface area (Å²) in [5.41, 5.74) is 5.61. The molecule has 0 N–H and O–H groups in total. The van der Waals surface area contributed by atoms with Gasteiger partial charge in [0.05, 0.1) is 11.4 Å². The lowest BCUT2D eigenvalue weighted by Crippen LogP contribution is -2.60. The van der Waals surface area contributed by atoms with Crippen LogP contribution in [0.4, 0.5) is 0 Å². The molecule has 28 heavy (non-hydrogen) atoms. The van der Waals surface area contributed by atoms with Crippen molar-refractivity contribution in [1.82, 2.24) is 24.2 Å². The third-order valence-electron chi connectivity index (χ3n) is 6.55. The first-order chi connectivity index (χ1) is 13.6. The van der Waals surface area contributed by atoms with E-state index >= 15 is 0 Å². The van der Waals surface area contributed by atoms with Crippen molar-refractivity contribution < 1.29 is 0 Å². The average molecular weight is 376 g/mol. The van der Waals surface area contributed by atoms with E-state index in [2.05, 4.69) is 71.6 Å². The van der Waals surface area contributed by atoms with Gasteiger partial charge in [-0.25, -0.2) is 4.98 Å². The number of piperidine rings is 2. The molecule has 0 saturated carbocycles. The van der Waals surface area contributed by atoms with Crippen molar-refractivity contribution in [3.8, 4) is 11.3 Å². The topological polar surface area (TPSA) is 36.7 Å². The van der Waals surface area contributed by atoms with Crippen molar-refractivity contribution in [1.29, 1.82) is 0 Å². The van der Waals surface area contributed by atoms with Gasteiger partial charge in [-0.3, -0.25) is 9.88 Å². The number of piperazine rings is 1. The van der Waals surface area contributed by atoms with E-state index in [0.717, 1.165) is 35.7 Å². The molecule has 0 spiro atoms. The fraction of sp³-hybridized carbons (Fsp3) is 0.478. The Hall–Kier alpha value is -2.24. The van der Waals surface area contributed by atoms with Gasteiger partial charge in [-0.2, -0.15) is 0 Å². The zero-order chi connectivity index (χ0) is 19.3. The zero-order valence-corrected chi connectivity index (χ0v) is 17.0. The third-order valence-corrected chi connectivity index (χ3v) is 6.55. The minimum atomic E-state index is 0.440. The van der Waals surface area contributed by atoms with Gasteiger partial charge in [-0.1, -0.05) is 19.9 Å². The van der Waals surface area contributed by atoms with E-state index in [1.807, 2.05) is 6.20 Å². The Morgan fingerprint density at radius 2 is 1.93 bits per heavy atom. The quantitative estimate of drug-likeness (QED) is 0.695. The first-order valence-corrected chi connectivity index (χ1v) is 10.5. The molecule has 6 heterocycles. The molecule has 5 nitrogen and oxygen atoms in total. The molecule has 3 aliphatic heterocycles. The molecule has 3 aliphatic rings. The number of fused-ring (bicyclic) bond motifs is 4. The lowest BCUT2D eigenvalue weighted by atomic mass is 9.91. The van der Waals surface area contributed by atoms with Gasteiger partial charge in [0.1, 0.15) is 5.65 Å². The highest BCUT2D eigenvalue weighted by Gasteiger charge is 2.37. The SMILES string of the molecule is CC(C)c1ccc(-c2nc3ccccn3c2CN2CC3CCC2CN3C)cn1. The van der Waals surface area contributed by atoms with Crippen LogP contribution >= 0.6 is 0 Å². The lowest BCUT2D eigenvalue weighted by Gasteiger charge is -2.50. The molecule has 3 aromatic heterocycles. The van der Waals surface area contributed by atoms with E-state index < -0.39 is 0 Å². The largest absolute Gasteiger partial charge is 0.302 e. The van der Waals surface area contributed by atoms with Crippen LogP contribution in [0.3, 0.4) is 0 Å². The monoisotopic (exact) mass is 375 g/mol. The first kappa shape index (κ1) is 17.8. The summed E-state index contributed by atoms with van der Waals surface area (Å²) in [6, 6.07) is 11.9. The van der Waals surface area contributed by atoms with Crippen LogP contribution in [0, 0.1) is 0 Å². The van der Waals surface area contributed by atoms with E-state index in [9.17, 15) is 0 Å². The van der Waals surface area contributed by atoms with E-state index in [0.29, 0.717) is 18.0 Å². The van der Waals surface area contributed by atoms with Gasteiger partial charge in [0, 0.05) is 55.4 Å². The van der Waals surface area contributed by atoms with Crippen LogP contribution in [-0.2, 0) is 6.54 Å². The molecule has 0 aliphatic carbocycles. The van der Waals surface area contributed by atoms with Crippen LogP contribution in [0.15, 0.2) is 42.7 Å². The van der Waals surface area contributed by atoms with E-state index in [1.54, 1.807) is 0 Å². The van der Waals surface area contributed by atoms with Gasteiger partial charge in [0.2, 0.25) is 0 Å². The molecule has 2 atom stereocenters. The summed E-state index contributed by atoms with van der Waals surface area (Å²) in [7, 11) is 2.27. The zero-order valence-electron chi connectivity index (χ0n) is 17.0. The molecule has 0 amide bonds. The highest BCUT2D eigenvalue weighted by atomic mass is 15.3. The molecule has 3 fully saturated rings. The van der Waals surface area contributed by atoms with Crippen LogP contribution in [-0.4, -0.2) is 56.4 Å². The fourth-order valence-electron chi connectivity index (χ4n) is 4.83. The van der Waals surface area contributed by atoms with Crippen molar-refractivity contribution in [3.05, 3.63) is 54.1 Å². The smallest absolute Gasteiger partial charge is 0.137 e. The Bertz CT molecular complexity index is 974. The Kier molecular flexibility index (Phi) is 4.44. The highest BCUT2D eigenvalue weighted by Crippen LogP contribution is 2.32. The summed E-state index contributed by atoms with van der Waals surface area (Å²) in [5.74, 6) is 0.440. The second kappa shape index (κ2) is 6.98. The molecule has 2 bridgehead atoms. The van der Waals surface area contributed by atoms with Gasteiger partial charge < -0.3 is 9.30 Å². The average Bonchev–Trinajstić information content (AvgIpc) is 3.07. The molecule has 2 unspecified atom stereocenters. The van der Waals surface area contributed by atoms with Crippen molar-refractivity contribution in [3.63, 3.8) is 0 Å². The maximum atomic E-state index is 4.99.